The summed E-state index contributed by atoms with van der Waals surface area (Å²) in [7, 11) is -4.02. The Morgan fingerprint density at radius 1 is 0.881 bits per heavy atom. The van der Waals surface area contributed by atoms with Crippen molar-refractivity contribution < 1.29 is 50.6 Å². The zero-order valence-corrected chi connectivity index (χ0v) is 23.9. The number of piperidine rings is 1. The predicted octanol–water partition coefficient (Wildman–Crippen LogP) is 5.00. The molecule has 42 heavy (non-hydrogen) atoms. The van der Waals surface area contributed by atoms with Crippen molar-refractivity contribution in [2.75, 3.05) is 31.2 Å². The lowest BCUT2D eigenvalue weighted by molar-refractivity contribution is -0.274. The van der Waals surface area contributed by atoms with E-state index >= 15 is 0 Å². The lowest BCUT2D eigenvalue weighted by atomic mass is 10.1. The molecule has 1 atom stereocenters. The Morgan fingerprint density at radius 2 is 1.40 bits per heavy atom. The fourth-order valence-electron chi connectivity index (χ4n) is 3.89. The van der Waals surface area contributed by atoms with E-state index in [9.17, 15) is 26.7 Å². The molecule has 1 aliphatic heterocycles. The average molecular weight is 614 g/mol. The summed E-state index contributed by atoms with van der Waals surface area (Å²) in [5.74, 6) is 0.837. The van der Waals surface area contributed by atoms with Crippen molar-refractivity contribution >= 4 is 15.8 Å². The summed E-state index contributed by atoms with van der Waals surface area (Å²) in [4.78, 5) is 2.15. The fourth-order valence-corrected chi connectivity index (χ4v) is 4.37. The molecule has 13 heteroatoms. The second-order valence-corrected chi connectivity index (χ2v) is 11.5. The molecule has 0 bridgehead atoms. The quantitative estimate of drug-likeness (QED) is 0.286. The van der Waals surface area contributed by atoms with E-state index in [4.69, 9.17) is 19.1 Å². The first-order valence-corrected chi connectivity index (χ1v) is 14.5. The lowest BCUT2D eigenvalue weighted by Crippen LogP contribution is -2.38. The minimum atomic E-state index is -4.71. The summed E-state index contributed by atoms with van der Waals surface area (Å²) in [6.07, 6.45) is -3.18. The number of nitrogens with zero attached hydrogens (tertiary/aromatic N) is 1. The number of aliphatic hydroxyl groups excluding tert-OH is 1. The van der Waals surface area contributed by atoms with Gasteiger partial charge in [-0.1, -0.05) is 17.7 Å². The van der Waals surface area contributed by atoms with Crippen LogP contribution in [0.4, 0.5) is 18.9 Å². The van der Waals surface area contributed by atoms with E-state index in [2.05, 4.69) is 9.64 Å². The van der Waals surface area contributed by atoms with E-state index in [1.807, 2.05) is 31.2 Å². The Balaban J connectivity index is 0.000000369. The van der Waals surface area contributed by atoms with Gasteiger partial charge in [0, 0.05) is 31.6 Å². The van der Waals surface area contributed by atoms with Gasteiger partial charge in [0.15, 0.2) is 0 Å². The van der Waals surface area contributed by atoms with Crippen LogP contribution in [-0.2, 0) is 10.1 Å². The molecule has 9 nitrogen and oxygen atoms in total. The molecule has 1 aliphatic rings. The first-order valence-electron chi connectivity index (χ1n) is 13.0. The van der Waals surface area contributed by atoms with Crippen molar-refractivity contribution in [2.45, 2.75) is 49.7 Å². The molecule has 1 unspecified atom stereocenters. The average Bonchev–Trinajstić information content (AvgIpc) is 2.93. The van der Waals surface area contributed by atoms with Crippen molar-refractivity contribution in [2.24, 2.45) is 0 Å². The molecule has 3 aromatic rings. The molecule has 0 saturated carbocycles. The molecule has 0 amide bonds. The maximum absolute atomic E-state index is 12.2. The number of hydrogen-bond donors (Lipinski definition) is 3. The maximum Gasteiger partial charge on any atom is 0.573 e. The Hall–Kier alpha value is -3.52. The van der Waals surface area contributed by atoms with Gasteiger partial charge in [-0.15, -0.1) is 13.2 Å². The van der Waals surface area contributed by atoms with E-state index in [0.717, 1.165) is 37.2 Å². The molecule has 3 N–H and O–H groups in total. The van der Waals surface area contributed by atoms with Gasteiger partial charge in [-0.25, -0.2) is 0 Å². The highest BCUT2D eigenvalue weighted by Gasteiger charge is 2.31. The number of alkyl halides is 3. The molecule has 0 spiro atoms. The van der Waals surface area contributed by atoms with Crippen LogP contribution >= 0.6 is 0 Å². The van der Waals surface area contributed by atoms with Gasteiger partial charge < -0.3 is 29.3 Å². The molecule has 4 rings (SSSR count). The van der Waals surface area contributed by atoms with Crippen LogP contribution < -0.4 is 19.1 Å². The Bertz CT molecular complexity index is 1360. The first kappa shape index (κ1) is 33.0. The summed E-state index contributed by atoms with van der Waals surface area (Å²) < 4.78 is 81.5. The molecule has 1 saturated heterocycles. The summed E-state index contributed by atoms with van der Waals surface area (Å²) in [5, 5.41) is 18.8. The SMILES string of the molecule is CC(O)(CO)COc1ccc(N2CCC(Oc3ccc(OC(F)(F)F)cc3)CC2)cc1.Cc1ccc(S(=O)(=O)O)cc1. The van der Waals surface area contributed by atoms with Gasteiger partial charge >= 0.3 is 6.36 Å². The lowest BCUT2D eigenvalue weighted by Gasteiger charge is -2.33. The van der Waals surface area contributed by atoms with Gasteiger partial charge in [0.2, 0.25) is 0 Å². The first-order chi connectivity index (χ1) is 19.6. The number of anilines is 1. The molecule has 230 valence electrons. The standard InChI is InChI=1S/C22H26F3NO5.C7H8O3S/c1-21(28,14-27)15-29-17-4-2-16(3-5-17)26-12-10-19(11-13-26)30-18-6-8-20(9-7-18)31-22(23,24)25;1-6-2-4-7(5-3-6)11(8,9)10/h2-9,19,27-28H,10-15H2,1H3;2-5H,1H3,(H,8,9,10). The van der Waals surface area contributed by atoms with Gasteiger partial charge in [-0.3, -0.25) is 4.55 Å². The van der Waals surface area contributed by atoms with Crippen LogP contribution in [0, 0.1) is 6.92 Å². The van der Waals surface area contributed by atoms with Crippen LogP contribution in [0.1, 0.15) is 25.3 Å². The van der Waals surface area contributed by atoms with E-state index < -0.39 is 22.1 Å². The Kier molecular flexibility index (Phi) is 11.1. The number of rotatable bonds is 9. The van der Waals surface area contributed by atoms with Gasteiger partial charge in [-0.05, 0) is 74.5 Å². The highest BCUT2D eigenvalue weighted by Crippen LogP contribution is 2.28. The second-order valence-electron chi connectivity index (χ2n) is 10.0. The predicted molar refractivity (Wildman–Crippen MR) is 150 cm³/mol. The Labute approximate surface area is 242 Å². The number of aliphatic hydroxyl groups is 2. The molecular weight excluding hydrogens is 579 g/mol. The van der Waals surface area contributed by atoms with E-state index in [0.29, 0.717) is 11.5 Å². The third kappa shape index (κ3) is 11.0. The van der Waals surface area contributed by atoms with E-state index in [-0.39, 0.29) is 30.0 Å². The summed E-state index contributed by atoms with van der Waals surface area (Å²) >= 11 is 0. The zero-order chi connectivity index (χ0) is 31.0. The van der Waals surface area contributed by atoms with Crippen molar-refractivity contribution in [3.05, 3.63) is 78.4 Å². The molecular formula is C29H34F3NO8S. The Morgan fingerprint density at radius 3 is 1.90 bits per heavy atom. The van der Waals surface area contributed by atoms with Gasteiger partial charge in [0.25, 0.3) is 10.1 Å². The molecule has 0 radical (unpaired) electrons. The molecule has 3 aromatic carbocycles. The monoisotopic (exact) mass is 613 g/mol. The van der Waals surface area contributed by atoms with Gasteiger partial charge in [0.1, 0.15) is 35.6 Å². The molecule has 1 fully saturated rings. The second kappa shape index (κ2) is 14.1. The van der Waals surface area contributed by atoms with Crippen molar-refractivity contribution in [1.29, 1.82) is 0 Å². The van der Waals surface area contributed by atoms with Crippen LogP contribution in [0.25, 0.3) is 0 Å². The highest BCUT2D eigenvalue weighted by molar-refractivity contribution is 7.85. The molecule has 0 aliphatic carbocycles. The van der Waals surface area contributed by atoms with Gasteiger partial charge in [-0.2, -0.15) is 8.42 Å². The summed E-state index contributed by atoms with van der Waals surface area (Å²) in [5.41, 5.74) is 0.706. The van der Waals surface area contributed by atoms with Gasteiger partial charge in [0.05, 0.1) is 11.5 Å². The van der Waals surface area contributed by atoms with Crippen molar-refractivity contribution in [1.82, 2.24) is 0 Å². The van der Waals surface area contributed by atoms with Crippen LogP contribution in [-0.4, -0.2) is 67.6 Å². The van der Waals surface area contributed by atoms with Crippen LogP contribution in [0.3, 0.4) is 0 Å². The number of hydrogen-bond acceptors (Lipinski definition) is 8. The summed E-state index contributed by atoms with van der Waals surface area (Å²) in [6.45, 7) is 4.51. The van der Waals surface area contributed by atoms with E-state index in [1.54, 1.807) is 12.1 Å². The topological polar surface area (TPSA) is 126 Å². The van der Waals surface area contributed by atoms with E-state index in [1.165, 1.54) is 43.3 Å². The number of benzene rings is 3. The van der Waals surface area contributed by atoms with Crippen LogP contribution in [0.15, 0.2) is 77.7 Å². The normalized spacial score (nSPS) is 15.7. The maximum atomic E-state index is 12.2. The smallest absolute Gasteiger partial charge is 0.491 e. The number of aryl methyl sites for hydroxylation is 1. The van der Waals surface area contributed by atoms with Crippen LogP contribution in [0.2, 0.25) is 0 Å². The molecule has 1 heterocycles. The summed E-state index contributed by atoms with van der Waals surface area (Å²) in [6, 6.07) is 18.9. The number of ether oxygens (including phenoxy) is 3. The minimum absolute atomic E-state index is 0.00507. The van der Waals surface area contributed by atoms with Crippen molar-refractivity contribution in [3.63, 3.8) is 0 Å². The molecule has 0 aromatic heterocycles. The largest absolute Gasteiger partial charge is 0.573 e. The van der Waals surface area contributed by atoms with Crippen LogP contribution in [0.5, 0.6) is 17.2 Å². The third-order valence-electron chi connectivity index (χ3n) is 6.21. The fraction of sp³-hybridized carbons (Fsp3) is 0.379. The zero-order valence-electron chi connectivity index (χ0n) is 23.1. The number of halogens is 3. The highest BCUT2D eigenvalue weighted by atomic mass is 32.2. The minimum Gasteiger partial charge on any atom is -0.491 e. The third-order valence-corrected chi connectivity index (χ3v) is 7.08. The van der Waals surface area contributed by atoms with Crippen molar-refractivity contribution in [3.8, 4) is 17.2 Å².